The van der Waals surface area contributed by atoms with Gasteiger partial charge in [0.1, 0.15) is 22.9 Å². The number of rotatable bonds is 1. The summed E-state index contributed by atoms with van der Waals surface area (Å²) in [4.78, 5) is 45.3. The topological polar surface area (TPSA) is 81.4 Å². The fraction of sp³-hybridized carbons (Fsp3) is 0.0625. The van der Waals surface area contributed by atoms with Gasteiger partial charge in [-0.25, -0.2) is 14.4 Å². The van der Waals surface area contributed by atoms with Gasteiger partial charge >= 0.3 is 0 Å². The molecule has 4 rings (SSSR count). The number of fused-ring (bicyclic) bond motifs is 4. The first-order valence-corrected chi connectivity index (χ1v) is 6.76. The number of hydrogen-bond donors (Lipinski definition) is 0. The van der Waals surface area contributed by atoms with Crippen molar-refractivity contribution in [2.45, 2.75) is 6.92 Å². The SMILES string of the molecule is CC(=O)c1c2c(n3cccc(F)c13)C(=O)c1nccnc1C2=O. The lowest BCUT2D eigenvalue weighted by atomic mass is 9.91. The maximum Gasteiger partial charge on any atom is 0.231 e. The molecular formula is C16H8FN3O3. The molecule has 0 radical (unpaired) electrons. The van der Waals surface area contributed by atoms with Crippen LogP contribution in [0.4, 0.5) is 4.39 Å². The van der Waals surface area contributed by atoms with Crippen LogP contribution in [0, 0.1) is 5.82 Å². The van der Waals surface area contributed by atoms with Crippen LogP contribution in [0.3, 0.4) is 0 Å². The average molecular weight is 309 g/mol. The van der Waals surface area contributed by atoms with Crippen molar-refractivity contribution in [1.29, 1.82) is 0 Å². The molecule has 0 spiro atoms. The van der Waals surface area contributed by atoms with E-state index in [9.17, 15) is 18.8 Å². The van der Waals surface area contributed by atoms with Crippen LogP contribution < -0.4 is 0 Å². The Bertz CT molecular complexity index is 1050. The van der Waals surface area contributed by atoms with Crippen LogP contribution in [0.5, 0.6) is 0 Å². The van der Waals surface area contributed by atoms with Gasteiger partial charge in [0.05, 0.1) is 16.6 Å². The van der Waals surface area contributed by atoms with Gasteiger partial charge in [-0.1, -0.05) is 0 Å². The quantitative estimate of drug-likeness (QED) is 0.501. The van der Waals surface area contributed by atoms with Crippen LogP contribution >= 0.6 is 0 Å². The summed E-state index contributed by atoms with van der Waals surface area (Å²) < 4.78 is 15.5. The lowest BCUT2D eigenvalue weighted by Gasteiger charge is -2.13. The molecule has 0 fully saturated rings. The number of nitrogens with zero attached hydrogens (tertiary/aromatic N) is 3. The van der Waals surface area contributed by atoms with Gasteiger partial charge in [-0.15, -0.1) is 0 Å². The van der Waals surface area contributed by atoms with Crippen LogP contribution in [-0.4, -0.2) is 31.7 Å². The van der Waals surface area contributed by atoms with Gasteiger partial charge in [0.15, 0.2) is 5.78 Å². The molecule has 1 aliphatic rings. The molecule has 3 aromatic heterocycles. The first-order valence-electron chi connectivity index (χ1n) is 6.76. The Morgan fingerprint density at radius 3 is 2.43 bits per heavy atom. The Morgan fingerprint density at radius 1 is 1.13 bits per heavy atom. The van der Waals surface area contributed by atoms with Crippen LogP contribution in [0.25, 0.3) is 5.52 Å². The summed E-state index contributed by atoms with van der Waals surface area (Å²) in [5.41, 5.74) is -0.567. The molecule has 0 saturated heterocycles. The summed E-state index contributed by atoms with van der Waals surface area (Å²) in [6, 6.07) is 2.57. The van der Waals surface area contributed by atoms with Crippen molar-refractivity contribution in [2.75, 3.05) is 0 Å². The number of aromatic nitrogens is 3. The predicted octanol–water partition coefficient (Wildman–Crippen LogP) is 1.85. The molecule has 0 bridgehead atoms. The summed E-state index contributed by atoms with van der Waals surface area (Å²) in [5, 5.41) is 0. The standard InChI is InChI=1S/C16H8FN3O3/c1-7(21)9-10-14(20-6-2-3-8(17)13(9)20)16(23)12-11(15(10)22)18-4-5-19-12/h2-6H,1H3. The zero-order chi connectivity index (χ0) is 16.3. The molecule has 0 saturated carbocycles. The van der Waals surface area contributed by atoms with Crippen LogP contribution in [0.2, 0.25) is 0 Å². The van der Waals surface area contributed by atoms with Gasteiger partial charge in [-0.2, -0.15) is 0 Å². The van der Waals surface area contributed by atoms with Gasteiger partial charge in [0, 0.05) is 18.6 Å². The molecule has 6 nitrogen and oxygen atoms in total. The normalized spacial score (nSPS) is 13.1. The molecule has 3 aromatic rings. The third-order valence-corrected chi connectivity index (χ3v) is 3.83. The van der Waals surface area contributed by atoms with E-state index in [0.29, 0.717) is 0 Å². The van der Waals surface area contributed by atoms with Gasteiger partial charge in [0.2, 0.25) is 11.6 Å². The fourth-order valence-electron chi connectivity index (χ4n) is 2.95. The minimum absolute atomic E-state index is 0.0531. The summed E-state index contributed by atoms with van der Waals surface area (Å²) in [5.74, 6) is -2.34. The molecule has 23 heavy (non-hydrogen) atoms. The smallest absolute Gasteiger partial charge is 0.231 e. The molecular weight excluding hydrogens is 301 g/mol. The van der Waals surface area contributed by atoms with Crippen molar-refractivity contribution in [3.63, 3.8) is 0 Å². The van der Waals surface area contributed by atoms with E-state index in [1.807, 2.05) is 0 Å². The highest BCUT2D eigenvalue weighted by Gasteiger charge is 2.39. The zero-order valence-electron chi connectivity index (χ0n) is 11.8. The van der Waals surface area contributed by atoms with E-state index >= 15 is 0 Å². The van der Waals surface area contributed by atoms with Gasteiger partial charge < -0.3 is 4.40 Å². The predicted molar refractivity (Wildman–Crippen MR) is 76.3 cm³/mol. The largest absolute Gasteiger partial charge is 0.310 e. The lowest BCUT2D eigenvalue weighted by molar-refractivity contribution is 0.0961. The molecule has 0 aromatic carbocycles. The van der Waals surface area contributed by atoms with E-state index < -0.39 is 23.2 Å². The highest BCUT2D eigenvalue weighted by atomic mass is 19.1. The lowest BCUT2D eigenvalue weighted by Crippen LogP contribution is -2.25. The third-order valence-electron chi connectivity index (χ3n) is 3.83. The molecule has 1 aliphatic carbocycles. The van der Waals surface area contributed by atoms with E-state index in [1.54, 1.807) is 0 Å². The van der Waals surface area contributed by atoms with Gasteiger partial charge in [-0.05, 0) is 19.1 Å². The second-order valence-corrected chi connectivity index (χ2v) is 5.14. The first-order chi connectivity index (χ1) is 11.0. The minimum atomic E-state index is -0.683. The molecule has 3 heterocycles. The summed E-state index contributed by atoms with van der Waals surface area (Å²) in [6.07, 6.45) is 4.03. The number of ketones is 3. The van der Waals surface area contributed by atoms with Crippen molar-refractivity contribution in [3.05, 3.63) is 64.7 Å². The van der Waals surface area contributed by atoms with E-state index in [1.165, 1.54) is 42.0 Å². The van der Waals surface area contributed by atoms with Crippen molar-refractivity contribution in [1.82, 2.24) is 14.4 Å². The summed E-state index contributed by atoms with van der Waals surface area (Å²) in [7, 11) is 0. The van der Waals surface area contributed by atoms with Crippen LogP contribution in [-0.2, 0) is 0 Å². The van der Waals surface area contributed by atoms with E-state index in [0.717, 1.165) is 0 Å². The number of halogens is 1. The molecule has 112 valence electrons. The monoisotopic (exact) mass is 309 g/mol. The Kier molecular flexibility index (Phi) is 2.57. The Morgan fingerprint density at radius 2 is 1.78 bits per heavy atom. The molecule has 0 amide bonds. The summed E-state index contributed by atoms with van der Waals surface area (Å²) in [6.45, 7) is 1.23. The molecule has 0 atom stereocenters. The number of hydrogen-bond acceptors (Lipinski definition) is 5. The Hall–Kier alpha value is -3.22. The van der Waals surface area contributed by atoms with Crippen LogP contribution in [0.1, 0.15) is 49.5 Å². The second kappa shape index (κ2) is 4.39. The molecule has 7 heteroatoms. The maximum atomic E-state index is 14.2. The molecule has 0 aliphatic heterocycles. The minimum Gasteiger partial charge on any atom is -0.310 e. The number of Topliss-reactive ketones (excluding diaryl/α,β-unsaturated/α-hetero) is 1. The van der Waals surface area contributed by atoms with E-state index in [4.69, 9.17) is 0 Å². The second-order valence-electron chi connectivity index (χ2n) is 5.14. The van der Waals surface area contributed by atoms with Crippen molar-refractivity contribution >= 4 is 22.9 Å². The zero-order valence-corrected chi connectivity index (χ0v) is 11.8. The van der Waals surface area contributed by atoms with Crippen molar-refractivity contribution < 1.29 is 18.8 Å². The summed E-state index contributed by atoms with van der Waals surface area (Å²) >= 11 is 0. The number of carbonyl (C=O) groups is 3. The number of carbonyl (C=O) groups excluding carboxylic acids is 3. The van der Waals surface area contributed by atoms with Gasteiger partial charge in [-0.3, -0.25) is 14.4 Å². The fourth-order valence-corrected chi connectivity index (χ4v) is 2.95. The molecule has 0 N–H and O–H groups in total. The van der Waals surface area contributed by atoms with E-state index in [-0.39, 0.29) is 33.7 Å². The highest BCUT2D eigenvalue weighted by Crippen LogP contribution is 2.33. The van der Waals surface area contributed by atoms with Crippen LogP contribution in [0.15, 0.2) is 30.7 Å². The maximum absolute atomic E-state index is 14.2. The third kappa shape index (κ3) is 1.58. The number of pyridine rings is 1. The Labute approximate surface area is 128 Å². The first kappa shape index (κ1) is 13.4. The van der Waals surface area contributed by atoms with Crippen molar-refractivity contribution in [3.8, 4) is 0 Å². The van der Waals surface area contributed by atoms with Crippen molar-refractivity contribution in [2.24, 2.45) is 0 Å². The Balaban J connectivity index is 2.23. The molecule has 0 unspecified atom stereocenters. The van der Waals surface area contributed by atoms with E-state index in [2.05, 4.69) is 9.97 Å². The average Bonchev–Trinajstić information content (AvgIpc) is 2.90. The highest BCUT2D eigenvalue weighted by molar-refractivity contribution is 6.30. The van der Waals surface area contributed by atoms with Gasteiger partial charge in [0.25, 0.3) is 0 Å².